The normalized spacial score (nSPS) is 33.9. The Labute approximate surface area is 207 Å². The molecule has 35 heavy (non-hydrogen) atoms. The Morgan fingerprint density at radius 3 is 2.69 bits per heavy atom. The van der Waals surface area contributed by atoms with Gasteiger partial charge in [-0.1, -0.05) is 12.2 Å². The zero-order valence-corrected chi connectivity index (χ0v) is 21.3. The molecule has 0 saturated heterocycles. The summed E-state index contributed by atoms with van der Waals surface area (Å²) in [5, 5.41) is 2.33. The molecular formula is C24H37N3O7S. The van der Waals surface area contributed by atoms with E-state index in [9.17, 15) is 22.8 Å². The largest absolute Gasteiger partial charge is 0.356 e. The van der Waals surface area contributed by atoms with E-state index in [1.807, 2.05) is 19.1 Å². The molecule has 4 aliphatic rings. The van der Waals surface area contributed by atoms with Crippen molar-refractivity contribution in [3.63, 3.8) is 0 Å². The Hall–Kier alpha value is -1.98. The third-order valence-corrected chi connectivity index (χ3v) is 9.41. The van der Waals surface area contributed by atoms with E-state index in [1.54, 1.807) is 11.9 Å². The van der Waals surface area contributed by atoms with Crippen molar-refractivity contribution >= 4 is 27.7 Å². The summed E-state index contributed by atoms with van der Waals surface area (Å²) in [6.45, 7) is 3.05. The molecule has 4 rings (SSSR count). The Morgan fingerprint density at radius 2 is 1.97 bits per heavy atom. The first kappa shape index (κ1) is 26.1. The van der Waals surface area contributed by atoms with Crippen LogP contribution in [0.3, 0.4) is 0 Å². The minimum atomic E-state index is -3.75. The van der Waals surface area contributed by atoms with E-state index in [2.05, 4.69) is 10.0 Å². The van der Waals surface area contributed by atoms with Crippen LogP contribution in [0.4, 0.5) is 0 Å². The third-order valence-electron chi connectivity index (χ3n) is 7.59. The molecule has 0 aromatic heterocycles. The standard InChI is InChI=1S/C24H37N3O7S/c1-3-33-15-34-17-12-19-20(13-17)22(29)27(2)11-7-5-4-6-8-16-14-24(16,25-21(19)28)23(30)26-35(31,32)18-9-10-18/h6,8,16-20H,3-5,7,9-15H2,1-2H3,(H,25,28)(H,26,30)/t16-,17-,19-,20-,24-/m1/s1. The fourth-order valence-corrected chi connectivity index (χ4v) is 6.52. The molecule has 0 bridgehead atoms. The van der Waals surface area contributed by atoms with Gasteiger partial charge in [-0.2, -0.15) is 0 Å². The van der Waals surface area contributed by atoms with Crippen LogP contribution in [0.25, 0.3) is 0 Å². The summed E-state index contributed by atoms with van der Waals surface area (Å²) in [6.07, 6.45) is 8.20. The van der Waals surface area contributed by atoms with Gasteiger partial charge in [0.2, 0.25) is 21.8 Å². The highest BCUT2D eigenvalue weighted by Crippen LogP contribution is 2.47. The number of hydrogen-bond acceptors (Lipinski definition) is 7. The fourth-order valence-electron chi connectivity index (χ4n) is 5.16. The molecule has 196 valence electrons. The van der Waals surface area contributed by atoms with Crippen LogP contribution in [-0.2, 0) is 33.9 Å². The molecule has 3 amide bonds. The SMILES string of the molecule is CCOCO[C@@H]1C[C@H]2C(=O)N[C@]3(C(=O)NS(=O)(=O)C4CC4)C[C@H]3C=CCCCCN(C)C(=O)[C@@H]2C1. The quantitative estimate of drug-likeness (QED) is 0.297. The molecule has 0 radical (unpaired) electrons. The highest BCUT2D eigenvalue weighted by atomic mass is 32.2. The van der Waals surface area contributed by atoms with E-state index >= 15 is 0 Å². The highest BCUT2D eigenvalue weighted by Gasteiger charge is 2.62. The molecule has 0 aromatic carbocycles. The molecule has 3 aliphatic carbocycles. The van der Waals surface area contributed by atoms with Crippen LogP contribution in [0.5, 0.6) is 0 Å². The number of carbonyl (C=O) groups excluding carboxylic acids is 3. The lowest BCUT2D eigenvalue weighted by Gasteiger charge is -2.26. The number of sulfonamides is 1. The first-order valence-corrected chi connectivity index (χ1v) is 14.2. The number of rotatable bonds is 7. The van der Waals surface area contributed by atoms with Gasteiger partial charge in [0.1, 0.15) is 12.3 Å². The second kappa shape index (κ2) is 10.6. The molecule has 5 atom stereocenters. The lowest BCUT2D eigenvalue weighted by molar-refractivity contribution is -0.140. The molecule has 1 aliphatic heterocycles. The Morgan fingerprint density at radius 1 is 1.23 bits per heavy atom. The van der Waals surface area contributed by atoms with E-state index < -0.39 is 44.5 Å². The minimum Gasteiger partial charge on any atom is -0.356 e. The van der Waals surface area contributed by atoms with Gasteiger partial charge in [0.15, 0.2) is 0 Å². The van der Waals surface area contributed by atoms with Crippen molar-refractivity contribution in [2.24, 2.45) is 17.8 Å². The molecule has 10 nitrogen and oxygen atoms in total. The van der Waals surface area contributed by atoms with Gasteiger partial charge in [0.25, 0.3) is 5.91 Å². The summed E-state index contributed by atoms with van der Waals surface area (Å²) in [7, 11) is -2.00. The number of nitrogens with one attached hydrogen (secondary N) is 2. The van der Waals surface area contributed by atoms with E-state index in [1.165, 1.54) is 0 Å². The Balaban J connectivity index is 1.56. The maximum Gasteiger partial charge on any atom is 0.259 e. The van der Waals surface area contributed by atoms with Crippen molar-refractivity contribution < 1.29 is 32.3 Å². The average molecular weight is 512 g/mol. The zero-order chi connectivity index (χ0) is 25.2. The van der Waals surface area contributed by atoms with Crippen LogP contribution in [0, 0.1) is 17.8 Å². The molecule has 0 spiro atoms. The first-order valence-electron chi connectivity index (χ1n) is 12.7. The van der Waals surface area contributed by atoms with E-state index in [4.69, 9.17) is 9.47 Å². The monoisotopic (exact) mass is 511 g/mol. The van der Waals surface area contributed by atoms with Crippen LogP contribution in [0.15, 0.2) is 12.2 Å². The fraction of sp³-hybridized carbons (Fsp3) is 0.792. The van der Waals surface area contributed by atoms with Crippen LogP contribution >= 0.6 is 0 Å². The summed E-state index contributed by atoms with van der Waals surface area (Å²) < 4.78 is 38.1. The van der Waals surface area contributed by atoms with Crippen LogP contribution in [0.1, 0.15) is 58.3 Å². The summed E-state index contributed by atoms with van der Waals surface area (Å²) in [6, 6.07) is 0. The predicted octanol–water partition coefficient (Wildman–Crippen LogP) is 1.07. The van der Waals surface area contributed by atoms with E-state index in [-0.39, 0.29) is 24.7 Å². The molecule has 0 aromatic rings. The van der Waals surface area contributed by atoms with E-state index in [0.717, 1.165) is 19.3 Å². The second-order valence-electron chi connectivity index (χ2n) is 10.2. The van der Waals surface area contributed by atoms with Crippen molar-refractivity contribution in [3.05, 3.63) is 12.2 Å². The summed E-state index contributed by atoms with van der Waals surface area (Å²) >= 11 is 0. The van der Waals surface area contributed by atoms with Crippen molar-refractivity contribution in [1.29, 1.82) is 0 Å². The second-order valence-corrected chi connectivity index (χ2v) is 12.2. The lowest BCUT2D eigenvalue weighted by atomic mass is 9.93. The number of carbonyl (C=O) groups is 3. The van der Waals surface area contributed by atoms with Crippen molar-refractivity contribution in [2.45, 2.75) is 75.2 Å². The molecular weight excluding hydrogens is 474 g/mol. The topological polar surface area (TPSA) is 131 Å². The van der Waals surface area contributed by atoms with Gasteiger partial charge in [0, 0.05) is 26.1 Å². The average Bonchev–Trinajstić information content (AvgIpc) is 3.73. The minimum absolute atomic E-state index is 0.0878. The molecule has 1 heterocycles. The maximum absolute atomic E-state index is 13.5. The van der Waals surface area contributed by atoms with Gasteiger partial charge in [-0.15, -0.1) is 0 Å². The number of ether oxygens (including phenoxy) is 2. The maximum atomic E-state index is 13.5. The molecule has 11 heteroatoms. The Bertz CT molecular complexity index is 964. The number of hydrogen-bond donors (Lipinski definition) is 2. The van der Waals surface area contributed by atoms with Gasteiger partial charge in [0.05, 0.1) is 23.2 Å². The highest BCUT2D eigenvalue weighted by molar-refractivity contribution is 7.91. The van der Waals surface area contributed by atoms with Crippen LogP contribution in [0.2, 0.25) is 0 Å². The lowest BCUT2D eigenvalue weighted by Crippen LogP contribution is -2.54. The van der Waals surface area contributed by atoms with Gasteiger partial charge >= 0.3 is 0 Å². The first-order chi connectivity index (χ1) is 16.7. The van der Waals surface area contributed by atoms with Crippen molar-refractivity contribution in [2.75, 3.05) is 27.0 Å². The van der Waals surface area contributed by atoms with Crippen molar-refractivity contribution in [3.8, 4) is 0 Å². The van der Waals surface area contributed by atoms with E-state index in [0.29, 0.717) is 45.3 Å². The molecule has 3 fully saturated rings. The van der Waals surface area contributed by atoms with Gasteiger partial charge in [-0.3, -0.25) is 19.1 Å². The summed E-state index contributed by atoms with van der Waals surface area (Å²) in [4.78, 5) is 41.7. The van der Waals surface area contributed by atoms with Crippen molar-refractivity contribution in [1.82, 2.24) is 14.9 Å². The zero-order valence-electron chi connectivity index (χ0n) is 20.5. The smallest absolute Gasteiger partial charge is 0.259 e. The van der Waals surface area contributed by atoms with Gasteiger partial charge in [-0.25, -0.2) is 8.42 Å². The van der Waals surface area contributed by atoms with Gasteiger partial charge < -0.3 is 19.7 Å². The van der Waals surface area contributed by atoms with Crippen LogP contribution < -0.4 is 10.0 Å². The Kier molecular flexibility index (Phi) is 7.87. The number of amides is 3. The third kappa shape index (κ3) is 5.89. The number of nitrogens with zero attached hydrogens (tertiary/aromatic N) is 1. The molecule has 0 unspecified atom stereocenters. The summed E-state index contributed by atoms with van der Waals surface area (Å²) in [5.41, 5.74) is -1.32. The number of fused-ring (bicyclic) bond motifs is 2. The summed E-state index contributed by atoms with van der Waals surface area (Å²) in [5.74, 6) is -2.74. The molecule has 3 saturated carbocycles. The number of allylic oxidation sites excluding steroid dienone is 1. The predicted molar refractivity (Wildman–Crippen MR) is 127 cm³/mol. The van der Waals surface area contributed by atoms with Gasteiger partial charge in [-0.05, 0) is 58.3 Å². The molecule has 2 N–H and O–H groups in total. The van der Waals surface area contributed by atoms with Crippen LogP contribution in [-0.4, -0.2) is 74.9 Å².